The third-order valence-corrected chi connectivity index (χ3v) is 4.06. The Balaban J connectivity index is 2.26. The van der Waals surface area contributed by atoms with Crippen molar-refractivity contribution in [2.24, 2.45) is 5.73 Å². The molecule has 0 atom stereocenters. The number of nitrogens with two attached hydrogens (primary N) is 1. The van der Waals surface area contributed by atoms with Crippen LogP contribution in [0.2, 0.25) is 0 Å². The number of allylic oxidation sites excluding steroid dienone is 1. The van der Waals surface area contributed by atoms with E-state index in [-0.39, 0.29) is 28.8 Å². The number of primary amides is 1. The average molecular weight is 318 g/mol. The largest absolute Gasteiger partial charge is 0.496 e. The summed E-state index contributed by atoms with van der Waals surface area (Å²) in [5.41, 5.74) is 6.98. The van der Waals surface area contributed by atoms with Gasteiger partial charge in [0.15, 0.2) is 0 Å². The first-order valence-corrected chi connectivity index (χ1v) is 7.49. The van der Waals surface area contributed by atoms with E-state index in [0.29, 0.717) is 5.75 Å². The van der Waals surface area contributed by atoms with Crippen LogP contribution >= 0.6 is 0 Å². The molecule has 1 fully saturated rings. The number of rotatable bonds is 5. The first-order chi connectivity index (χ1) is 11.0. The fraction of sp³-hybridized carbons (Fsp3) is 0.412. The van der Waals surface area contributed by atoms with Gasteiger partial charge in [0.1, 0.15) is 11.5 Å². The lowest BCUT2D eigenvalue weighted by Gasteiger charge is -2.24. The summed E-state index contributed by atoms with van der Waals surface area (Å²) in [6.45, 7) is 3.97. The van der Waals surface area contributed by atoms with Crippen LogP contribution in [-0.4, -0.2) is 32.1 Å². The van der Waals surface area contributed by atoms with Gasteiger partial charge in [-0.15, -0.1) is 0 Å². The average Bonchev–Trinajstić information content (AvgIpc) is 2.55. The van der Waals surface area contributed by atoms with E-state index in [9.17, 15) is 9.59 Å². The maximum Gasteiger partial charge on any atom is 0.255 e. The van der Waals surface area contributed by atoms with Crippen LogP contribution in [-0.2, 0) is 0 Å². The summed E-state index contributed by atoms with van der Waals surface area (Å²) in [7, 11) is 2.88. The van der Waals surface area contributed by atoms with Gasteiger partial charge in [0.05, 0.1) is 25.3 Å². The van der Waals surface area contributed by atoms with Gasteiger partial charge >= 0.3 is 0 Å². The van der Waals surface area contributed by atoms with Crippen LogP contribution in [0.1, 0.15) is 46.4 Å². The number of benzene rings is 1. The highest BCUT2D eigenvalue weighted by molar-refractivity contribution is 6.02. The summed E-state index contributed by atoms with van der Waals surface area (Å²) >= 11 is 0. The van der Waals surface area contributed by atoms with Gasteiger partial charge in [-0.25, -0.2) is 0 Å². The van der Waals surface area contributed by atoms with Crippen molar-refractivity contribution in [2.75, 3.05) is 14.2 Å². The standard InChI is InChI=1S/C17H22N2O4/c1-10-4-6-11(7-5-10)19-17(21)13-8-12(16(18)20)14(22-2)9-15(13)23-3/h8-9,11H,1,4-7H2,2-3H3,(H2,18,20)(H,19,21). The molecule has 6 heteroatoms. The number of carbonyl (C=O) groups excluding carboxylic acids is 2. The summed E-state index contributed by atoms with van der Waals surface area (Å²) in [6.07, 6.45) is 3.56. The predicted octanol–water partition coefficient (Wildman–Crippen LogP) is 2.03. The summed E-state index contributed by atoms with van der Waals surface area (Å²) in [5, 5.41) is 2.98. The molecule has 124 valence electrons. The molecule has 1 saturated carbocycles. The summed E-state index contributed by atoms with van der Waals surface area (Å²) in [4.78, 5) is 24.1. The maximum atomic E-state index is 12.5. The third kappa shape index (κ3) is 3.83. The number of carbonyl (C=O) groups is 2. The number of hydrogen-bond donors (Lipinski definition) is 2. The number of amides is 2. The maximum absolute atomic E-state index is 12.5. The van der Waals surface area contributed by atoms with Crippen molar-refractivity contribution in [1.29, 1.82) is 0 Å². The molecule has 1 aliphatic carbocycles. The molecule has 2 rings (SSSR count). The van der Waals surface area contributed by atoms with Crippen molar-refractivity contribution in [3.8, 4) is 11.5 Å². The van der Waals surface area contributed by atoms with Crippen LogP contribution in [0.5, 0.6) is 11.5 Å². The van der Waals surface area contributed by atoms with Crippen LogP contribution in [0.15, 0.2) is 24.3 Å². The van der Waals surface area contributed by atoms with Gasteiger partial charge in [-0.2, -0.15) is 0 Å². The SMILES string of the molecule is C=C1CCC(NC(=O)c2cc(C(N)=O)c(OC)cc2OC)CC1. The van der Waals surface area contributed by atoms with Gasteiger partial charge in [0, 0.05) is 12.1 Å². The summed E-state index contributed by atoms with van der Waals surface area (Å²) in [5.74, 6) is -0.332. The Labute approximate surface area is 135 Å². The highest BCUT2D eigenvalue weighted by atomic mass is 16.5. The molecule has 3 N–H and O–H groups in total. The van der Waals surface area contributed by atoms with E-state index in [2.05, 4.69) is 11.9 Å². The van der Waals surface area contributed by atoms with Crippen LogP contribution in [0, 0.1) is 0 Å². The zero-order valence-corrected chi connectivity index (χ0v) is 13.5. The molecule has 0 bridgehead atoms. The normalized spacial score (nSPS) is 15.1. The fourth-order valence-corrected chi connectivity index (χ4v) is 2.70. The lowest BCUT2D eigenvalue weighted by atomic mass is 9.91. The lowest BCUT2D eigenvalue weighted by Crippen LogP contribution is -2.36. The minimum Gasteiger partial charge on any atom is -0.496 e. The van der Waals surface area contributed by atoms with Crippen molar-refractivity contribution < 1.29 is 19.1 Å². The molecule has 0 aliphatic heterocycles. The molecule has 0 saturated heterocycles. The van der Waals surface area contributed by atoms with Gasteiger partial charge in [-0.1, -0.05) is 12.2 Å². The Morgan fingerprint density at radius 3 is 2.22 bits per heavy atom. The minimum atomic E-state index is -0.660. The van der Waals surface area contributed by atoms with Crippen LogP contribution in [0.3, 0.4) is 0 Å². The van der Waals surface area contributed by atoms with Crippen molar-refractivity contribution in [3.63, 3.8) is 0 Å². The summed E-state index contributed by atoms with van der Waals surface area (Å²) in [6, 6.07) is 3.01. The molecule has 0 unspecified atom stereocenters. The van der Waals surface area contributed by atoms with Gasteiger partial charge < -0.3 is 20.5 Å². The van der Waals surface area contributed by atoms with Crippen LogP contribution in [0.4, 0.5) is 0 Å². The zero-order chi connectivity index (χ0) is 17.0. The second-order valence-corrected chi connectivity index (χ2v) is 5.61. The molecule has 1 aromatic carbocycles. The van der Waals surface area contributed by atoms with E-state index in [1.165, 1.54) is 31.9 Å². The van der Waals surface area contributed by atoms with Crippen molar-refractivity contribution >= 4 is 11.8 Å². The van der Waals surface area contributed by atoms with Crippen LogP contribution in [0.25, 0.3) is 0 Å². The van der Waals surface area contributed by atoms with E-state index in [4.69, 9.17) is 15.2 Å². The molecule has 2 amide bonds. The van der Waals surface area contributed by atoms with E-state index in [0.717, 1.165) is 25.7 Å². The van der Waals surface area contributed by atoms with Gasteiger partial charge in [-0.05, 0) is 31.7 Å². The third-order valence-electron chi connectivity index (χ3n) is 4.06. The zero-order valence-electron chi connectivity index (χ0n) is 13.5. The second kappa shape index (κ2) is 7.17. The van der Waals surface area contributed by atoms with Crippen LogP contribution < -0.4 is 20.5 Å². The van der Waals surface area contributed by atoms with E-state index >= 15 is 0 Å². The van der Waals surface area contributed by atoms with Gasteiger partial charge in [0.25, 0.3) is 11.8 Å². The molecular weight excluding hydrogens is 296 g/mol. The fourth-order valence-electron chi connectivity index (χ4n) is 2.70. The molecule has 1 aromatic rings. The Morgan fingerprint density at radius 1 is 1.13 bits per heavy atom. The number of hydrogen-bond acceptors (Lipinski definition) is 4. The van der Waals surface area contributed by atoms with Crippen molar-refractivity contribution in [2.45, 2.75) is 31.7 Å². The molecule has 0 heterocycles. The quantitative estimate of drug-likeness (QED) is 0.813. The predicted molar refractivity (Wildman–Crippen MR) is 86.9 cm³/mol. The first kappa shape index (κ1) is 16.9. The Hall–Kier alpha value is -2.50. The van der Waals surface area contributed by atoms with Crippen molar-refractivity contribution in [1.82, 2.24) is 5.32 Å². The van der Waals surface area contributed by atoms with Gasteiger partial charge in [-0.3, -0.25) is 9.59 Å². The monoisotopic (exact) mass is 318 g/mol. The Bertz CT molecular complexity index is 630. The highest BCUT2D eigenvalue weighted by Gasteiger charge is 2.23. The molecule has 0 spiro atoms. The summed E-state index contributed by atoms with van der Waals surface area (Å²) < 4.78 is 10.4. The molecule has 6 nitrogen and oxygen atoms in total. The molecule has 0 radical (unpaired) electrons. The van der Waals surface area contributed by atoms with E-state index < -0.39 is 5.91 Å². The van der Waals surface area contributed by atoms with Crippen molar-refractivity contribution in [3.05, 3.63) is 35.4 Å². The first-order valence-electron chi connectivity index (χ1n) is 7.49. The second-order valence-electron chi connectivity index (χ2n) is 5.61. The highest BCUT2D eigenvalue weighted by Crippen LogP contribution is 2.29. The molecule has 1 aliphatic rings. The number of methoxy groups -OCH3 is 2. The lowest BCUT2D eigenvalue weighted by molar-refractivity contribution is 0.0927. The van der Waals surface area contributed by atoms with Gasteiger partial charge in [0.2, 0.25) is 0 Å². The Kier molecular flexibility index (Phi) is 5.26. The van der Waals surface area contributed by atoms with E-state index in [1.54, 1.807) is 0 Å². The smallest absolute Gasteiger partial charge is 0.255 e. The number of ether oxygens (including phenoxy) is 2. The molecular formula is C17H22N2O4. The molecule has 0 aromatic heterocycles. The van der Waals surface area contributed by atoms with E-state index in [1.807, 2.05) is 0 Å². The Morgan fingerprint density at radius 2 is 1.70 bits per heavy atom. The minimum absolute atomic E-state index is 0.0943. The topological polar surface area (TPSA) is 90.7 Å². The number of nitrogens with one attached hydrogen (secondary N) is 1. The molecule has 23 heavy (non-hydrogen) atoms.